The summed E-state index contributed by atoms with van der Waals surface area (Å²) in [4.78, 5) is 10.2. The van der Waals surface area contributed by atoms with Crippen molar-refractivity contribution in [2.45, 2.75) is 38.2 Å². The minimum Gasteiger partial charge on any atom is -0.478 e. The maximum Gasteiger partial charge on any atom is 0.329 e. The predicted octanol–water partition coefficient (Wildman–Crippen LogP) is 1.12. The number of aliphatic carboxylic acids is 1. The zero-order valence-electron chi connectivity index (χ0n) is 9.07. The number of carboxylic acid groups (broad SMARTS) is 1. The second kappa shape index (κ2) is 5.16. The van der Waals surface area contributed by atoms with Gasteiger partial charge in [-0.3, -0.25) is 0 Å². The van der Waals surface area contributed by atoms with Crippen LogP contribution in [-0.2, 0) is 4.79 Å². The van der Waals surface area contributed by atoms with Crippen molar-refractivity contribution in [1.82, 2.24) is 5.32 Å². The summed E-state index contributed by atoms with van der Waals surface area (Å²) in [5, 5.41) is 21.4. The van der Waals surface area contributed by atoms with E-state index >= 15 is 0 Å². The molecule has 86 valence electrons. The Morgan fingerprint density at radius 2 is 2.40 bits per heavy atom. The van der Waals surface area contributed by atoms with Crippen LogP contribution >= 0.6 is 0 Å². The fraction of sp³-hybridized carbons (Fsp3) is 0.727. The number of rotatable bonds is 4. The molecule has 1 aliphatic rings. The van der Waals surface area contributed by atoms with Gasteiger partial charge in [-0.2, -0.15) is 0 Å². The standard InChI is InChI=1S/C11H19NO3/c1-9-3-2-5-11(15,7-9)8-12-6-4-10(13)14/h4,6,9,12,15H,2-3,5,7-8H2,1H3,(H,13,14)/b6-4+. The van der Waals surface area contributed by atoms with Crippen LogP contribution in [0.2, 0.25) is 0 Å². The third-order valence-electron chi connectivity index (χ3n) is 2.84. The second-order valence-corrected chi connectivity index (χ2v) is 4.48. The molecule has 1 aliphatic carbocycles. The number of hydrogen-bond donors (Lipinski definition) is 3. The molecule has 1 rings (SSSR count). The van der Waals surface area contributed by atoms with Gasteiger partial charge in [0, 0.05) is 18.8 Å². The van der Waals surface area contributed by atoms with Crippen LogP contribution in [-0.4, -0.2) is 28.3 Å². The highest BCUT2D eigenvalue weighted by atomic mass is 16.4. The third kappa shape index (κ3) is 4.34. The molecule has 0 radical (unpaired) electrons. The Morgan fingerprint density at radius 1 is 1.67 bits per heavy atom. The normalized spacial score (nSPS) is 31.7. The summed E-state index contributed by atoms with van der Waals surface area (Å²) in [6.07, 6.45) is 6.22. The Bertz CT molecular complexity index is 252. The molecule has 0 spiro atoms. The monoisotopic (exact) mass is 213 g/mol. The summed E-state index contributed by atoms with van der Waals surface area (Å²) in [6.45, 7) is 2.57. The van der Waals surface area contributed by atoms with Crippen molar-refractivity contribution in [1.29, 1.82) is 0 Å². The van der Waals surface area contributed by atoms with Crippen molar-refractivity contribution in [3.8, 4) is 0 Å². The minimum absolute atomic E-state index is 0.432. The lowest BCUT2D eigenvalue weighted by atomic mass is 9.79. The number of hydrogen-bond acceptors (Lipinski definition) is 3. The van der Waals surface area contributed by atoms with Gasteiger partial charge in [0.25, 0.3) is 0 Å². The van der Waals surface area contributed by atoms with E-state index in [1.807, 2.05) is 0 Å². The Morgan fingerprint density at radius 3 is 3.00 bits per heavy atom. The smallest absolute Gasteiger partial charge is 0.329 e. The number of carboxylic acids is 1. The van der Waals surface area contributed by atoms with Crippen LogP contribution in [0.1, 0.15) is 32.6 Å². The molecule has 4 nitrogen and oxygen atoms in total. The van der Waals surface area contributed by atoms with Crippen LogP contribution < -0.4 is 5.32 Å². The summed E-state index contributed by atoms with van der Waals surface area (Å²) >= 11 is 0. The average Bonchev–Trinajstić information content (AvgIpc) is 2.12. The van der Waals surface area contributed by atoms with Gasteiger partial charge in [-0.05, 0) is 18.8 Å². The molecule has 0 aromatic heterocycles. The number of aliphatic hydroxyl groups is 1. The number of carbonyl (C=O) groups is 1. The molecule has 0 aromatic carbocycles. The second-order valence-electron chi connectivity index (χ2n) is 4.48. The zero-order chi connectivity index (χ0) is 11.3. The van der Waals surface area contributed by atoms with E-state index in [9.17, 15) is 9.90 Å². The van der Waals surface area contributed by atoms with Gasteiger partial charge in [-0.1, -0.05) is 19.8 Å². The van der Waals surface area contributed by atoms with E-state index in [4.69, 9.17) is 5.11 Å². The molecule has 0 aromatic rings. The Kier molecular flexibility index (Phi) is 4.15. The van der Waals surface area contributed by atoms with E-state index in [0.29, 0.717) is 12.5 Å². The van der Waals surface area contributed by atoms with Gasteiger partial charge in [-0.25, -0.2) is 4.79 Å². The van der Waals surface area contributed by atoms with Gasteiger partial charge in [-0.15, -0.1) is 0 Å². The van der Waals surface area contributed by atoms with Crippen molar-refractivity contribution in [3.05, 3.63) is 12.3 Å². The molecule has 1 fully saturated rings. The van der Waals surface area contributed by atoms with Gasteiger partial charge in [0.2, 0.25) is 0 Å². The Balaban J connectivity index is 2.32. The first-order valence-corrected chi connectivity index (χ1v) is 5.37. The topological polar surface area (TPSA) is 69.6 Å². The minimum atomic E-state index is -0.980. The van der Waals surface area contributed by atoms with E-state index in [1.54, 1.807) is 0 Å². The summed E-state index contributed by atoms with van der Waals surface area (Å²) < 4.78 is 0. The summed E-state index contributed by atoms with van der Waals surface area (Å²) in [7, 11) is 0. The zero-order valence-corrected chi connectivity index (χ0v) is 9.07. The molecule has 1 saturated carbocycles. The fourth-order valence-corrected chi connectivity index (χ4v) is 2.17. The molecular weight excluding hydrogens is 194 g/mol. The van der Waals surface area contributed by atoms with Crippen LogP contribution in [0.5, 0.6) is 0 Å². The highest BCUT2D eigenvalue weighted by Gasteiger charge is 2.31. The molecule has 3 N–H and O–H groups in total. The fourth-order valence-electron chi connectivity index (χ4n) is 2.17. The highest BCUT2D eigenvalue weighted by Crippen LogP contribution is 2.31. The van der Waals surface area contributed by atoms with E-state index < -0.39 is 11.6 Å². The Labute approximate surface area is 90.0 Å². The first-order chi connectivity index (χ1) is 7.02. The molecule has 0 bridgehead atoms. The van der Waals surface area contributed by atoms with Crippen molar-refractivity contribution < 1.29 is 15.0 Å². The van der Waals surface area contributed by atoms with Crippen LogP contribution in [0, 0.1) is 5.92 Å². The molecule has 4 heteroatoms. The first kappa shape index (κ1) is 12.0. The molecule has 2 atom stereocenters. The summed E-state index contributed by atoms with van der Waals surface area (Å²) in [5.74, 6) is -0.430. The largest absolute Gasteiger partial charge is 0.478 e. The summed E-state index contributed by atoms with van der Waals surface area (Å²) in [6, 6.07) is 0. The maximum atomic E-state index is 10.2. The number of nitrogens with one attached hydrogen (secondary N) is 1. The van der Waals surface area contributed by atoms with Crippen molar-refractivity contribution in [2.24, 2.45) is 5.92 Å². The highest BCUT2D eigenvalue weighted by molar-refractivity contribution is 5.79. The van der Waals surface area contributed by atoms with Gasteiger partial charge in [0.1, 0.15) is 0 Å². The molecular formula is C11H19NO3. The van der Waals surface area contributed by atoms with E-state index in [0.717, 1.165) is 25.3 Å². The van der Waals surface area contributed by atoms with Crippen LogP contribution in [0.4, 0.5) is 0 Å². The molecule has 0 heterocycles. The lowest BCUT2D eigenvalue weighted by molar-refractivity contribution is -0.131. The molecule has 0 amide bonds. The van der Waals surface area contributed by atoms with Gasteiger partial charge in [0.15, 0.2) is 0 Å². The van der Waals surface area contributed by atoms with Crippen LogP contribution in [0.3, 0.4) is 0 Å². The van der Waals surface area contributed by atoms with Crippen LogP contribution in [0.25, 0.3) is 0 Å². The lowest BCUT2D eigenvalue weighted by Gasteiger charge is -2.35. The molecule has 15 heavy (non-hydrogen) atoms. The molecule has 0 saturated heterocycles. The van der Waals surface area contributed by atoms with E-state index in [2.05, 4.69) is 12.2 Å². The SMILES string of the molecule is CC1CCCC(O)(CN/C=C/C(=O)O)C1. The first-order valence-electron chi connectivity index (χ1n) is 5.37. The quantitative estimate of drug-likeness (QED) is 0.612. The van der Waals surface area contributed by atoms with Crippen LogP contribution in [0.15, 0.2) is 12.3 Å². The van der Waals surface area contributed by atoms with Crippen molar-refractivity contribution >= 4 is 5.97 Å². The van der Waals surface area contributed by atoms with E-state index in [1.165, 1.54) is 12.6 Å². The van der Waals surface area contributed by atoms with Crippen molar-refractivity contribution in [3.63, 3.8) is 0 Å². The lowest BCUT2D eigenvalue weighted by Crippen LogP contribution is -2.42. The summed E-state index contributed by atoms with van der Waals surface area (Å²) in [5.41, 5.74) is -0.666. The molecule has 2 unspecified atom stereocenters. The van der Waals surface area contributed by atoms with Gasteiger partial charge >= 0.3 is 5.97 Å². The van der Waals surface area contributed by atoms with Gasteiger partial charge in [0.05, 0.1) is 5.60 Å². The third-order valence-corrected chi connectivity index (χ3v) is 2.84. The van der Waals surface area contributed by atoms with Gasteiger partial charge < -0.3 is 15.5 Å². The van der Waals surface area contributed by atoms with Crippen molar-refractivity contribution in [2.75, 3.05) is 6.54 Å². The molecule has 0 aliphatic heterocycles. The predicted molar refractivity (Wildman–Crippen MR) is 57.4 cm³/mol. The van der Waals surface area contributed by atoms with E-state index in [-0.39, 0.29) is 0 Å². The average molecular weight is 213 g/mol. The Hall–Kier alpha value is -1.03. The maximum absolute atomic E-state index is 10.2.